The summed E-state index contributed by atoms with van der Waals surface area (Å²) < 4.78 is 23.5. The van der Waals surface area contributed by atoms with Crippen LogP contribution in [0.25, 0.3) is 10.4 Å². The van der Waals surface area contributed by atoms with Crippen LogP contribution in [-0.2, 0) is 10.0 Å². The Hall–Kier alpha value is -2.07. The summed E-state index contributed by atoms with van der Waals surface area (Å²) in [6, 6.07) is 13.8. The van der Waals surface area contributed by atoms with Crippen molar-refractivity contribution in [3.8, 4) is 10.4 Å². The van der Waals surface area contributed by atoms with Crippen molar-refractivity contribution < 1.29 is 13.2 Å². The fraction of sp³-hybridized carbons (Fsp3) is 0.0588. The molecule has 0 saturated heterocycles. The SMILES string of the molecule is Cc1nc(NC(=O)c2cc(S(N)(=O)=O)ccc2Br)sc1-c1ccccc1. The molecule has 9 heteroatoms. The summed E-state index contributed by atoms with van der Waals surface area (Å²) in [6.07, 6.45) is 0. The van der Waals surface area contributed by atoms with Crippen LogP contribution in [0.4, 0.5) is 5.13 Å². The van der Waals surface area contributed by atoms with E-state index in [-0.39, 0.29) is 10.5 Å². The maximum atomic E-state index is 12.6. The highest BCUT2D eigenvalue weighted by molar-refractivity contribution is 9.10. The van der Waals surface area contributed by atoms with Crippen molar-refractivity contribution >= 4 is 48.3 Å². The lowest BCUT2D eigenvalue weighted by Crippen LogP contribution is -2.16. The summed E-state index contributed by atoms with van der Waals surface area (Å²) in [5.74, 6) is -0.476. The number of nitrogens with two attached hydrogens (primary N) is 1. The number of rotatable bonds is 4. The molecule has 0 atom stereocenters. The van der Waals surface area contributed by atoms with Crippen LogP contribution < -0.4 is 10.5 Å². The molecule has 1 aromatic heterocycles. The lowest BCUT2D eigenvalue weighted by Gasteiger charge is -2.06. The lowest BCUT2D eigenvalue weighted by molar-refractivity contribution is 0.102. The minimum atomic E-state index is -3.90. The topological polar surface area (TPSA) is 102 Å². The van der Waals surface area contributed by atoms with Crippen LogP contribution in [0.2, 0.25) is 0 Å². The number of primary sulfonamides is 1. The largest absolute Gasteiger partial charge is 0.298 e. The Morgan fingerprint density at radius 1 is 1.19 bits per heavy atom. The fourth-order valence-electron chi connectivity index (χ4n) is 2.33. The van der Waals surface area contributed by atoms with Crippen LogP contribution in [0.1, 0.15) is 16.1 Å². The second-order valence-electron chi connectivity index (χ2n) is 5.44. The van der Waals surface area contributed by atoms with Crippen LogP contribution in [0.3, 0.4) is 0 Å². The van der Waals surface area contributed by atoms with Gasteiger partial charge in [-0.05, 0) is 46.6 Å². The van der Waals surface area contributed by atoms with Crippen LogP contribution in [0.15, 0.2) is 57.9 Å². The second-order valence-corrected chi connectivity index (χ2v) is 8.86. The molecule has 2 aromatic carbocycles. The van der Waals surface area contributed by atoms with Gasteiger partial charge in [0.05, 0.1) is 21.0 Å². The van der Waals surface area contributed by atoms with Gasteiger partial charge in [-0.2, -0.15) is 0 Å². The molecule has 0 fully saturated rings. The molecule has 26 heavy (non-hydrogen) atoms. The van der Waals surface area contributed by atoms with Crippen molar-refractivity contribution in [3.05, 3.63) is 64.3 Å². The van der Waals surface area contributed by atoms with E-state index in [2.05, 4.69) is 26.2 Å². The minimum Gasteiger partial charge on any atom is -0.298 e. The van der Waals surface area contributed by atoms with Gasteiger partial charge in [0.25, 0.3) is 5.91 Å². The molecular weight excluding hydrogens is 438 g/mol. The number of aromatic nitrogens is 1. The third kappa shape index (κ3) is 4.01. The average molecular weight is 452 g/mol. The summed E-state index contributed by atoms with van der Waals surface area (Å²) >= 11 is 4.60. The van der Waals surface area contributed by atoms with E-state index < -0.39 is 15.9 Å². The minimum absolute atomic E-state index is 0.133. The molecule has 0 aliphatic heterocycles. The number of thiazole rings is 1. The number of hydrogen-bond acceptors (Lipinski definition) is 5. The first-order valence-corrected chi connectivity index (χ1v) is 10.6. The van der Waals surface area contributed by atoms with Gasteiger partial charge >= 0.3 is 0 Å². The molecule has 0 unspecified atom stereocenters. The number of hydrogen-bond donors (Lipinski definition) is 2. The molecule has 1 heterocycles. The summed E-state index contributed by atoms with van der Waals surface area (Å²) in [6.45, 7) is 1.87. The van der Waals surface area contributed by atoms with E-state index in [1.165, 1.54) is 29.5 Å². The summed E-state index contributed by atoms with van der Waals surface area (Å²) in [5, 5.41) is 8.27. The molecule has 0 aliphatic carbocycles. The van der Waals surface area contributed by atoms with Crippen molar-refractivity contribution in [2.45, 2.75) is 11.8 Å². The van der Waals surface area contributed by atoms with Gasteiger partial charge in [-0.25, -0.2) is 18.5 Å². The highest BCUT2D eigenvalue weighted by Gasteiger charge is 2.18. The predicted octanol–water partition coefficient (Wildman–Crippen LogP) is 3.78. The molecule has 6 nitrogen and oxygen atoms in total. The standard InChI is InChI=1S/C17H14BrN3O3S2/c1-10-15(11-5-3-2-4-6-11)25-17(20-10)21-16(22)13-9-12(26(19,23)24)7-8-14(13)18/h2-9H,1H3,(H2,19,23,24)(H,20,21,22). The molecule has 3 aromatic rings. The number of benzene rings is 2. The molecule has 0 aliphatic rings. The first-order chi connectivity index (χ1) is 12.3. The van der Waals surface area contributed by atoms with E-state index in [0.29, 0.717) is 9.60 Å². The maximum absolute atomic E-state index is 12.6. The van der Waals surface area contributed by atoms with E-state index in [1.807, 2.05) is 37.3 Å². The Balaban J connectivity index is 1.90. The molecular formula is C17H14BrN3O3S2. The van der Waals surface area contributed by atoms with E-state index in [4.69, 9.17) is 5.14 Å². The number of anilines is 1. The van der Waals surface area contributed by atoms with Crippen molar-refractivity contribution in [2.24, 2.45) is 5.14 Å². The van der Waals surface area contributed by atoms with E-state index in [0.717, 1.165) is 16.1 Å². The average Bonchev–Trinajstić information content (AvgIpc) is 2.95. The highest BCUT2D eigenvalue weighted by Crippen LogP contribution is 2.33. The predicted molar refractivity (Wildman–Crippen MR) is 106 cm³/mol. The smallest absolute Gasteiger partial charge is 0.258 e. The fourth-order valence-corrected chi connectivity index (χ4v) is 4.26. The maximum Gasteiger partial charge on any atom is 0.258 e. The van der Waals surface area contributed by atoms with Crippen molar-refractivity contribution in [1.82, 2.24) is 4.98 Å². The zero-order chi connectivity index (χ0) is 18.9. The number of carbonyl (C=O) groups is 1. The van der Waals surface area contributed by atoms with Gasteiger partial charge in [-0.3, -0.25) is 10.1 Å². The van der Waals surface area contributed by atoms with E-state index >= 15 is 0 Å². The molecule has 0 saturated carbocycles. The van der Waals surface area contributed by atoms with Gasteiger partial charge in [0.2, 0.25) is 10.0 Å². The van der Waals surface area contributed by atoms with Gasteiger partial charge in [-0.15, -0.1) is 0 Å². The Bertz CT molecular complexity index is 1080. The monoisotopic (exact) mass is 451 g/mol. The first kappa shape index (κ1) is 18.7. The molecule has 134 valence electrons. The van der Waals surface area contributed by atoms with Gasteiger partial charge < -0.3 is 0 Å². The van der Waals surface area contributed by atoms with Gasteiger partial charge in [0, 0.05) is 4.47 Å². The van der Waals surface area contributed by atoms with Crippen LogP contribution in [0.5, 0.6) is 0 Å². The van der Waals surface area contributed by atoms with Crippen LogP contribution >= 0.6 is 27.3 Å². The Labute approximate surface area is 163 Å². The normalized spacial score (nSPS) is 11.3. The Kier molecular flexibility index (Phi) is 5.24. The number of sulfonamides is 1. The molecule has 3 N–H and O–H groups in total. The zero-order valence-electron chi connectivity index (χ0n) is 13.6. The van der Waals surface area contributed by atoms with Gasteiger partial charge in [0.1, 0.15) is 0 Å². The first-order valence-electron chi connectivity index (χ1n) is 7.42. The van der Waals surface area contributed by atoms with Crippen molar-refractivity contribution in [3.63, 3.8) is 0 Å². The second kappa shape index (κ2) is 7.28. The molecule has 1 amide bonds. The van der Waals surface area contributed by atoms with Crippen LogP contribution in [-0.4, -0.2) is 19.3 Å². The number of halogens is 1. The Morgan fingerprint density at radius 3 is 2.54 bits per heavy atom. The summed E-state index contributed by atoms with van der Waals surface area (Å²) in [7, 11) is -3.90. The highest BCUT2D eigenvalue weighted by atomic mass is 79.9. The third-order valence-electron chi connectivity index (χ3n) is 3.56. The number of nitrogens with one attached hydrogen (secondary N) is 1. The molecule has 3 rings (SSSR count). The number of nitrogens with zero attached hydrogens (tertiary/aromatic N) is 1. The van der Waals surface area contributed by atoms with Crippen LogP contribution in [0, 0.1) is 6.92 Å². The van der Waals surface area contributed by atoms with Gasteiger partial charge in [0.15, 0.2) is 5.13 Å². The number of carbonyl (C=O) groups excluding carboxylic acids is 1. The summed E-state index contributed by atoms with van der Waals surface area (Å²) in [5.41, 5.74) is 1.97. The quantitative estimate of drug-likeness (QED) is 0.629. The van der Waals surface area contributed by atoms with E-state index in [1.54, 1.807) is 0 Å². The lowest BCUT2D eigenvalue weighted by atomic mass is 10.2. The number of amides is 1. The van der Waals surface area contributed by atoms with Gasteiger partial charge in [-0.1, -0.05) is 41.7 Å². The Morgan fingerprint density at radius 2 is 1.88 bits per heavy atom. The molecule has 0 radical (unpaired) electrons. The van der Waals surface area contributed by atoms with E-state index in [9.17, 15) is 13.2 Å². The van der Waals surface area contributed by atoms with Crippen molar-refractivity contribution in [1.29, 1.82) is 0 Å². The molecule has 0 spiro atoms. The molecule has 0 bridgehead atoms. The number of aryl methyl sites for hydroxylation is 1. The third-order valence-corrected chi connectivity index (χ3v) is 6.29. The zero-order valence-corrected chi connectivity index (χ0v) is 16.8. The van der Waals surface area contributed by atoms with Crippen molar-refractivity contribution in [2.75, 3.05) is 5.32 Å². The summed E-state index contributed by atoms with van der Waals surface area (Å²) in [4.78, 5) is 17.8.